The minimum absolute atomic E-state index is 0.0608. The monoisotopic (exact) mass is 410 g/mol. The Morgan fingerprint density at radius 3 is 1.82 bits per heavy atom. The van der Waals surface area contributed by atoms with Crippen LogP contribution in [0.4, 0.5) is 0 Å². The third-order valence-corrected chi connectivity index (χ3v) is 14.6. The van der Waals surface area contributed by atoms with Gasteiger partial charge in [0.05, 0.1) is 0 Å². The van der Waals surface area contributed by atoms with Gasteiger partial charge in [0, 0.05) is 0 Å². The van der Waals surface area contributed by atoms with Crippen LogP contribution in [0.5, 0.6) is 0 Å². The van der Waals surface area contributed by atoms with Crippen LogP contribution < -0.4 is 5.46 Å². The molecular weight excluding hydrogens is 378 g/mol. The summed E-state index contributed by atoms with van der Waals surface area (Å²) >= 11 is -2.70. The van der Waals surface area contributed by atoms with Crippen LogP contribution in [0.1, 0.15) is 65.2 Å². The molecule has 0 saturated carbocycles. The predicted molar refractivity (Wildman–Crippen MR) is 97.7 cm³/mol. The molecule has 0 atom stereocenters. The van der Waals surface area contributed by atoms with E-state index in [0.29, 0.717) is 0 Å². The Kier molecular flexibility index (Phi) is 8.33. The van der Waals surface area contributed by atoms with Gasteiger partial charge in [0.1, 0.15) is 0 Å². The molecule has 1 fully saturated rings. The van der Waals surface area contributed by atoms with Gasteiger partial charge in [-0.2, -0.15) is 0 Å². The molecule has 4 heteroatoms. The summed E-state index contributed by atoms with van der Waals surface area (Å²) in [6.07, 6.45) is 10.6. The van der Waals surface area contributed by atoms with Crippen molar-refractivity contribution < 1.29 is 5.98 Å². The Bertz CT molecular complexity index is 393. The molecule has 22 heavy (non-hydrogen) atoms. The molecule has 1 heterocycles. The second-order valence-corrected chi connectivity index (χ2v) is 15.9. The molecule has 0 aliphatic carbocycles. The van der Waals surface area contributed by atoms with Crippen molar-refractivity contribution in [3.05, 3.63) is 30.3 Å². The van der Waals surface area contributed by atoms with Crippen molar-refractivity contribution in [1.82, 2.24) is 0 Å². The number of rotatable bonds is 11. The Labute approximate surface area is 142 Å². The van der Waals surface area contributed by atoms with E-state index in [0.717, 1.165) is 0 Å². The summed E-state index contributed by atoms with van der Waals surface area (Å²) in [6, 6.07) is 10.4. The van der Waals surface area contributed by atoms with Crippen molar-refractivity contribution in [1.29, 1.82) is 0 Å². The van der Waals surface area contributed by atoms with E-state index in [9.17, 15) is 0 Å². The van der Waals surface area contributed by atoms with Crippen molar-refractivity contribution >= 4 is 31.8 Å². The first-order valence-corrected chi connectivity index (χ1v) is 15.6. The molecule has 1 aliphatic heterocycles. The summed E-state index contributed by atoms with van der Waals surface area (Å²) in [5, 5.41) is 0. The van der Waals surface area contributed by atoms with Gasteiger partial charge in [-0.25, -0.2) is 0 Å². The van der Waals surface area contributed by atoms with Gasteiger partial charge in [0.2, 0.25) is 0 Å². The molecule has 0 N–H and O–H groups in total. The first-order valence-electron chi connectivity index (χ1n) is 9.20. The predicted octanol–water partition coefficient (Wildman–Crippen LogP) is 5.03. The van der Waals surface area contributed by atoms with Crippen LogP contribution in [0.25, 0.3) is 0 Å². The number of hydrogen-bond donors (Lipinski definition) is 0. The Morgan fingerprint density at radius 2 is 1.32 bits per heavy atom. The van der Waals surface area contributed by atoms with Crippen LogP contribution in [0.15, 0.2) is 30.3 Å². The van der Waals surface area contributed by atoms with Crippen LogP contribution in [0, 0.1) is 0 Å². The quantitative estimate of drug-likeness (QED) is 0.377. The topological polar surface area (TPSA) is 18.5 Å². The Hall–Kier alpha value is 0.00364. The average molecular weight is 409 g/mol. The van der Waals surface area contributed by atoms with Gasteiger partial charge in [-0.3, -0.25) is 0 Å². The fourth-order valence-electron chi connectivity index (χ4n) is 3.15. The summed E-state index contributed by atoms with van der Waals surface area (Å²) in [4.78, 5) is 0. The Balaban J connectivity index is 1.82. The average Bonchev–Trinajstić information content (AvgIpc) is 2.52. The molecule has 1 saturated heterocycles. The van der Waals surface area contributed by atoms with Gasteiger partial charge < -0.3 is 0 Å². The van der Waals surface area contributed by atoms with Gasteiger partial charge >= 0.3 is 142 Å². The molecule has 122 valence electrons. The van der Waals surface area contributed by atoms with E-state index in [1.54, 1.807) is 0 Å². The van der Waals surface area contributed by atoms with Gasteiger partial charge in [0.15, 0.2) is 0 Å². The van der Waals surface area contributed by atoms with E-state index in [1.165, 1.54) is 65.7 Å². The SMILES string of the molecule is CCCCC[CH2][Sn]1([CH2]CCCCC)[O]B(c2ccccc2)[O]1. The molecule has 2 rings (SSSR count). The first kappa shape index (κ1) is 18.3. The number of unbranched alkanes of at least 4 members (excludes halogenated alkanes) is 6. The van der Waals surface area contributed by atoms with Crippen molar-refractivity contribution in [3.63, 3.8) is 0 Å². The van der Waals surface area contributed by atoms with E-state index in [2.05, 4.69) is 38.1 Å². The molecular formula is C18H31BO2Sn. The van der Waals surface area contributed by atoms with E-state index in [-0.39, 0.29) is 7.12 Å². The summed E-state index contributed by atoms with van der Waals surface area (Å²) < 4.78 is 15.4. The Morgan fingerprint density at radius 1 is 0.773 bits per heavy atom. The van der Waals surface area contributed by atoms with Crippen LogP contribution in [-0.2, 0) is 5.98 Å². The molecule has 0 spiro atoms. The maximum absolute atomic E-state index is 6.46. The standard InChI is InChI=1S/C6H5BO2.2C6H13.Sn/c8-7(9)6-4-2-1-3-5-6;2*1-3-5-6-4-2;/h1-5H;2*1,3-6H2,2H3;/q-2;;;+2. The summed E-state index contributed by atoms with van der Waals surface area (Å²) in [5.41, 5.74) is 1.19. The molecule has 0 radical (unpaired) electrons. The zero-order valence-electron chi connectivity index (χ0n) is 14.4. The molecule has 1 aromatic carbocycles. The minimum atomic E-state index is -2.70. The normalized spacial score (nSPS) is 16.5. The summed E-state index contributed by atoms with van der Waals surface area (Å²) in [7, 11) is -0.0608. The molecule has 0 unspecified atom stereocenters. The van der Waals surface area contributed by atoms with Crippen molar-refractivity contribution in [3.8, 4) is 0 Å². The summed E-state index contributed by atoms with van der Waals surface area (Å²) in [5.74, 6) is 0. The zero-order chi connectivity index (χ0) is 15.7. The van der Waals surface area contributed by atoms with Crippen molar-refractivity contribution in [2.45, 2.75) is 74.1 Å². The molecule has 1 aromatic rings. The van der Waals surface area contributed by atoms with Crippen molar-refractivity contribution in [2.24, 2.45) is 0 Å². The van der Waals surface area contributed by atoms with Gasteiger partial charge in [-0.15, -0.1) is 0 Å². The van der Waals surface area contributed by atoms with E-state index >= 15 is 0 Å². The fraction of sp³-hybridized carbons (Fsp3) is 0.667. The third-order valence-electron chi connectivity index (χ3n) is 4.54. The number of benzene rings is 1. The van der Waals surface area contributed by atoms with Crippen LogP contribution >= 0.6 is 0 Å². The van der Waals surface area contributed by atoms with E-state index < -0.39 is 19.2 Å². The zero-order valence-corrected chi connectivity index (χ0v) is 17.2. The van der Waals surface area contributed by atoms with Crippen LogP contribution in [0.3, 0.4) is 0 Å². The van der Waals surface area contributed by atoms with E-state index in [4.69, 9.17) is 5.98 Å². The molecule has 0 bridgehead atoms. The van der Waals surface area contributed by atoms with E-state index in [1.807, 2.05) is 6.07 Å². The number of hydrogen-bond acceptors (Lipinski definition) is 2. The maximum atomic E-state index is 6.46. The van der Waals surface area contributed by atoms with Crippen LogP contribution in [-0.4, -0.2) is 26.3 Å². The second-order valence-electron chi connectivity index (χ2n) is 6.51. The van der Waals surface area contributed by atoms with Gasteiger partial charge in [0.25, 0.3) is 0 Å². The molecule has 1 aliphatic rings. The fourth-order valence-corrected chi connectivity index (χ4v) is 12.8. The molecule has 2 nitrogen and oxygen atoms in total. The first-order chi connectivity index (χ1) is 10.8. The molecule has 0 amide bonds. The molecule has 0 aromatic heterocycles. The van der Waals surface area contributed by atoms with Crippen LogP contribution in [0.2, 0.25) is 8.87 Å². The van der Waals surface area contributed by atoms with Crippen molar-refractivity contribution in [2.75, 3.05) is 0 Å². The second kappa shape index (κ2) is 9.99. The van der Waals surface area contributed by atoms with Gasteiger partial charge in [-0.05, 0) is 0 Å². The van der Waals surface area contributed by atoms with Gasteiger partial charge in [-0.1, -0.05) is 0 Å². The summed E-state index contributed by atoms with van der Waals surface area (Å²) in [6.45, 7) is 4.54. The third kappa shape index (κ3) is 5.57.